The quantitative estimate of drug-likeness (QED) is 0.138. The Hall–Kier alpha value is -6.30. The summed E-state index contributed by atoms with van der Waals surface area (Å²) in [5.41, 5.74) is -0.744. The highest BCUT2D eigenvalue weighted by Gasteiger charge is 2.55. The number of ether oxygens (including phenoxy) is 3. The number of carbonyl (C=O) groups is 5. The third kappa shape index (κ3) is 11.0. The van der Waals surface area contributed by atoms with Gasteiger partial charge in [-0.25, -0.2) is 0 Å². The predicted octanol–water partition coefficient (Wildman–Crippen LogP) is 7.12. The van der Waals surface area contributed by atoms with Crippen LogP contribution < -0.4 is 20.3 Å². The van der Waals surface area contributed by atoms with Gasteiger partial charge in [0.15, 0.2) is 0 Å². The van der Waals surface area contributed by atoms with E-state index in [0.717, 1.165) is 12.2 Å². The Balaban J connectivity index is 1.10. The van der Waals surface area contributed by atoms with Crippen LogP contribution in [-0.2, 0) is 23.9 Å². The highest BCUT2D eigenvalue weighted by Crippen LogP contribution is 2.50. The van der Waals surface area contributed by atoms with Crippen LogP contribution in [0.25, 0.3) is 0 Å². The molecule has 6 heterocycles. The van der Waals surface area contributed by atoms with Gasteiger partial charge in [-0.15, -0.1) is 0 Å². The fourth-order valence-corrected chi connectivity index (χ4v) is 11.9. The molecule has 0 saturated carbocycles. The number of ketones is 2. The number of aliphatic imine (C=N–C) groups is 1. The van der Waals surface area contributed by atoms with Crippen LogP contribution in [0, 0.1) is 41.9 Å². The molecule has 5 bridgehead atoms. The van der Waals surface area contributed by atoms with Gasteiger partial charge in [0.25, 0.3) is 11.7 Å². The largest absolute Gasteiger partial charge is 0.507 e. The molecule has 1 aliphatic carbocycles. The zero-order valence-electron chi connectivity index (χ0n) is 46.9. The smallest absolute Gasteiger partial charge is 0.321 e. The third-order valence-electron chi connectivity index (χ3n) is 17.0. The van der Waals surface area contributed by atoms with E-state index in [1.165, 1.54) is 13.2 Å². The Morgan fingerprint density at radius 1 is 0.935 bits per heavy atom. The topological polar surface area (TPSA) is 220 Å². The first-order chi connectivity index (χ1) is 36.3. The van der Waals surface area contributed by atoms with E-state index in [-0.39, 0.29) is 69.1 Å². The average Bonchev–Trinajstić information content (AvgIpc) is 4.08. The lowest BCUT2D eigenvalue weighted by Gasteiger charge is -2.41. The minimum atomic E-state index is -1.97. The average molecular weight is 1060 g/mol. The highest BCUT2D eigenvalue weighted by atomic mass is 16.7. The van der Waals surface area contributed by atoms with E-state index >= 15 is 0 Å². The summed E-state index contributed by atoms with van der Waals surface area (Å²) in [6, 6.07) is 10.3. The zero-order valence-corrected chi connectivity index (χ0v) is 46.9. The van der Waals surface area contributed by atoms with Crippen molar-refractivity contribution in [1.29, 1.82) is 0 Å². The molecular formula is C60H80N6O11. The molecule has 2 aromatic rings. The molecule has 2 fully saturated rings. The third-order valence-corrected chi connectivity index (χ3v) is 17.0. The van der Waals surface area contributed by atoms with E-state index in [9.17, 15) is 39.3 Å². The van der Waals surface area contributed by atoms with Gasteiger partial charge in [0.05, 0.1) is 41.0 Å². The van der Waals surface area contributed by atoms with Gasteiger partial charge in [-0.1, -0.05) is 78.0 Å². The Bertz CT molecular complexity index is 2800. The maximum absolute atomic E-state index is 14.9. The SMILES string of the molecule is C/C1=C/C=C/[C@H](C)[C@H](O)[C@@H](C)[C@@H](O)[C@@H](C)[C@H](OC(=O)C(C)(C)C(=O)N2CCC(N(C)c3ccccc3)CC2)[C@H](C)C/C=C/O[C@@]2(C)Oc3c(C)c(O)c4c(c3C2=O)C2=NC3(CCN(CC(C)C)CC3)NC2=C(NC1=O)C4=O. The molecule has 0 radical (unpaired) electrons. The van der Waals surface area contributed by atoms with Gasteiger partial charge < -0.3 is 54.9 Å². The molecule has 0 aromatic heterocycles. The Labute approximate surface area is 453 Å². The normalized spacial score (nSPS) is 29.9. The summed E-state index contributed by atoms with van der Waals surface area (Å²) in [7, 11) is 2.05. The van der Waals surface area contributed by atoms with Crippen molar-refractivity contribution < 1.29 is 53.5 Å². The Kier molecular flexibility index (Phi) is 16.4. The summed E-state index contributed by atoms with van der Waals surface area (Å²) >= 11 is 0. The fraction of sp³-hybridized carbons (Fsp3) is 0.567. The van der Waals surface area contributed by atoms with Crippen molar-refractivity contribution in [3.05, 3.63) is 100 Å². The Morgan fingerprint density at radius 3 is 2.25 bits per heavy atom. The number of piperidine rings is 2. The number of carbonyl (C=O) groups excluding carboxylic acids is 5. The van der Waals surface area contributed by atoms with Crippen LogP contribution in [-0.4, -0.2) is 136 Å². The van der Waals surface area contributed by atoms with Crippen LogP contribution >= 0.6 is 0 Å². The van der Waals surface area contributed by atoms with Gasteiger partial charge >= 0.3 is 11.8 Å². The molecule has 2 amide bonds. The summed E-state index contributed by atoms with van der Waals surface area (Å²) in [6.07, 6.45) is 7.38. The fourth-order valence-electron chi connectivity index (χ4n) is 11.9. The number of amides is 2. The van der Waals surface area contributed by atoms with Crippen LogP contribution in [0.2, 0.25) is 0 Å². The maximum atomic E-state index is 14.9. The molecule has 5 N–H and O–H groups in total. The van der Waals surface area contributed by atoms with Crippen molar-refractivity contribution in [2.75, 3.05) is 44.7 Å². The number of allylic oxidation sites excluding steroid dienone is 5. The first-order valence-electron chi connectivity index (χ1n) is 27.5. The van der Waals surface area contributed by atoms with Crippen LogP contribution in [0.3, 0.4) is 0 Å². The number of esters is 1. The number of aliphatic hydroxyl groups excluding tert-OH is 2. The molecule has 17 heteroatoms. The molecule has 9 rings (SSSR count). The zero-order chi connectivity index (χ0) is 56.1. The number of aliphatic hydroxyl groups is 2. The minimum Gasteiger partial charge on any atom is -0.507 e. The number of phenols is 1. The summed E-state index contributed by atoms with van der Waals surface area (Å²) in [4.78, 5) is 84.1. The van der Waals surface area contributed by atoms with Gasteiger partial charge in [0, 0.05) is 106 Å². The van der Waals surface area contributed by atoms with Gasteiger partial charge in [0.1, 0.15) is 34.4 Å². The first kappa shape index (κ1) is 56.9. The van der Waals surface area contributed by atoms with E-state index in [1.807, 2.05) is 25.1 Å². The molecule has 77 heavy (non-hydrogen) atoms. The number of para-hydroxylation sites is 1. The van der Waals surface area contributed by atoms with Gasteiger partial charge in [-0.05, 0) is 77.0 Å². The minimum absolute atomic E-state index is 0.0163. The number of likely N-dealkylation sites (tertiary alicyclic amines) is 2. The molecular weight excluding hydrogens is 981 g/mol. The number of hydrogen-bond donors (Lipinski definition) is 5. The molecule has 1 spiro atoms. The monoisotopic (exact) mass is 1060 g/mol. The first-order valence-corrected chi connectivity index (χ1v) is 27.5. The Morgan fingerprint density at radius 2 is 1.60 bits per heavy atom. The molecule has 6 aliphatic heterocycles. The van der Waals surface area contributed by atoms with Crippen molar-refractivity contribution in [3.63, 3.8) is 0 Å². The van der Waals surface area contributed by atoms with Gasteiger partial charge in [0.2, 0.25) is 11.7 Å². The van der Waals surface area contributed by atoms with E-state index < -0.39 is 88.0 Å². The second kappa shape index (κ2) is 22.2. The van der Waals surface area contributed by atoms with Gasteiger partial charge in [-0.2, -0.15) is 0 Å². The number of hydrogen-bond acceptors (Lipinski definition) is 15. The summed E-state index contributed by atoms with van der Waals surface area (Å²) < 4.78 is 18.9. The van der Waals surface area contributed by atoms with Crippen molar-refractivity contribution in [2.45, 2.75) is 144 Å². The number of nitrogens with one attached hydrogen (secondary N) is 2. The summed E-state index contributed by atoms with van der Waals surface area (Å²) in [5, 5.41) is 42.0. The molecule has 8 atom stereocenters. The number of phenolic OH excluding ortho intramolecular Hbond substituents is 1. The van der Waals surface area contributed by atoms with Crippen molar-refractivity contribution in [1.82, 2.24) is 20.4 Å². The highest BCUT2D eigenvalue weighted by molar-refractivity contribution is 6.34. The number of fused-ring (bicyclic) bond motifs is 13. The predicted molar refractivity (Wildman–Crippen MR) is 293 cm³/mol. The van der Waals surface area contributed by atoms with E-state index in [1.54, 1.807) is 77.7 Å². The summed E-state index contributed by atoms with van der Waals surface area (Å²) in [5.74, 6) is -7.51. The number of rotatable bonds is 7. The lowest BCUT2D eigenvalue weighted by Crippen LogP contribution is -2.52. The van der Waals surface area contributed by atoms with Gasteiger partial charge in [-0.3, -0.25) is 29.0 Å². The standard InChI is InChI=1S/C60H80N6O11/c1-33(2)32-65-29-25-60(26-30-65)62-45-42-43-50(69)39(8)53-44(42)54(71)59(11,77-53)75-31-17-20-35(4)52(76-57(74)58(9,10)56(73)66-27-23-41(24-28-66)64(12)40-21-14-13-15-22-40)38(7)49(68)37(6)48(67)34(3)18-16-19-36(5)55(72)61-47(51(43)70)46(45)63-60/h13-19,21-22,31,33-35,37-38,41,48-49,52,63,67-69H,20,23-30,32H2,1-12H3,(H,61,72)/b18-16+,31-17+,36-19-/t34-,35+,37+,38+,48-,49+,52+,59-/m0/s1. The van der Waals surface area contributed by atoms with E-state index in [0.29, 0.717) is 57.8 Å². The molecule has 416 valence electrons. The molecule has 17 nitrogen and oxygen atoms in total. The van der Waals surface area contributed by atoms with Crippen LogP contribution in [0.5, 0.6) is 11.5 Å². The molecule has 2 saturated heterocycles. The molecule has 2 aromatic carbocycles. The number of benzene rings is 2. The van der Waals surface area contributed by atoms with Crippen molar-refractivity contribution >= 4 is 40.7 Å². The van der Waals surface area contributed by atoms with Crippen LogP contribution in [0.1, 0.15) is 133 Å². The number of aromatic hydroxyl groups is 1. The number of anilines is 1. The number of nitrogens with zero attached hydrogens (tertiary/aromatic N) is 4. The molecule has 7 aliphatic rings. The second-order valence-corrected chi connectivity index (χ2v) is 23.6. The second-order valence-electron chi connectivity index (χ2n) is 23.6. The number of Topliss-reactive ketones (excluding diaryl/α,β-unsaturated/α-hetero) is 2. The van der Waals surface area contributed by atoms with Crippen molar-refractivity contribution in [3.8, 4) is 11.5 Å². The molecule has 0 unspecified atom stereocenters. The van der Waals surface area contributed by atoms with E-state index in [4.69, 9.17) is 19.2 Å². The van der Waals surface area contributed by atoms with E-state index in [2.05, 4.69) is 53.5 Å². The maximum Gasteiger partial charge on any atom is 0.321 e. The lowest BCUT2D eigenvalue weighted by atomic mass is 9.78. The summed E-state index contributed by atoms with van der Waals surface area (Å²) in [6.45, 7) is 22.4. The van der Waals surface area contributed by atoms with Crippen molar-refractivity contribution in [2.24, 2.45) is 40.0 Å². The lowest BCUT2D eigenvalue weighted by molar-refractivity contribution is -0.175. The van der Waals surface area contributed by atoms with Crippen LogP contribution in [0.4, 0.5) is 5.69 Å². The van der Waals surface area contributed by atoms with Crippen LogP contribution in [0.15, 0.2) is 82.9 Å².